The molecule has 0 bridgehead atoms. The van der Waals surface area contributed by atoms with Crippen molar-refractivity contribution in [3.8, 4) is 11.8 Å². The lowest BCUT2D eigenvalue weighted by Crippen LogP contribution is -2.65. The molecule has 3 rings (SSSR count). The maximum Gasteiger partial charge on any atom is 0.259 e. The zero-order valence-corrected chi connectivity index (χ0v) is 14.7. The minimum absolute atomic E-state index is 0.130. The molecule has 2 saturated heterocycles. The van der Waals surface area contributed by atoms with Crippen LogP contribution in [0.2, 0.25) is 0 Å². The molecule has 8 nitrogen and oxygen atoms in total. The van der Waals surface area contributed by atoms with Crippen LogP contribution in [0.1, 0.15) is 16.8 Å². The summed E-state index contributed by atoms with van der Waals surface area (Å²) in [5, 5.41) is 0. The van der Waals surface area contributed by atoms with Crippen LogP contribution >= 0.6 is 0 Å². The number of fused-ring (bicyclic) bond motifs is 1. The van der Waals surface area contributed by atoms with Gasteiger partial charge in [0.15, 0.2) is 0 Å². The Hall–Kier alpha value is -1.87. The van der Waals surface area contributed by atoms with Gasteiger partial charge in [-0.2, -0.15) is 9.29 Å². The van der Waals surface area contributed by atoms with Crippen molar-refractivity contribution in [1.29, 1.82) is 0 Å². The van der Waals surface area contributed by atoms with E-state index in [1.165, 1.54) is 24.8 Å². The largest absolute Gasteiger partial charge is 0.481 e. The van der Waals surface area contributed by atoms with Crippen LogP contribution < -0.4 is 9.47 Å². The summed E-state index contributed by atoms with van der Waals surface area (Å²) in [6, 6.07) is 3.10. The fourth-order valence-corrected chi connectivity index (χ4v) is 4.53. The predicted octanol–water partition coefficient (Wildman–Crippen LogP) is 0.205. The molecule has 0 radical (unpaired) electrons. The predicted molar refractivity (Wildman–Crippen MR) is 86.7 cm³/mol. The van der Waals surface area contributed by atoms with Gasteiger partial charge in [0.1, 0.15) is 5.56 Å². The van der Waals surface area contributed by atoms with E-state index >= 15 is 0 Å². The van der Waals surface area contributed by atoms with Gasteiger partial charge < -0.3 is 14.4 Å². The first-order valence-electron chi connectivity index (χ1n) is 7.70. The average molecular weight is 355 g/mol. The van der Waals surface area contributed by atoms with Crippen molar-refractivity contribution in [3.05, 3.63) is 17.7 Å². The Labute approximate surface area is 141 Å². The second kappa shape index (κ2) is 6.21. The number of ether oxygens (including phenoxy) is 2. The molecule has 132 valence electrons. The molecule has 2 aliphatic rings. The zero-order valence-electron chi connectivity index (χ0n) is 13.9. The van der Waals surface area contributed by atoms with Crippen molar-refractivity contribution in [3.63, 3.8) is 0 Å². The third-order valence-corrected chi connectivity index (χ3v) is 5.96. The molecule has 0 spiro atoms. The molecule has 2 fully saturated rings. The molecular formula is C15H21N3O5S. The molecule has 1 aromatic rings. The first-order valence-corrected chi connectivity index (χ1v) is 9.55. The fourth-order valence-electron chi connectivity index (χ4n) is 3.34. The van der Waals surface area contributed by atoms with Crippen LogP contribution in [0.3, 0.4) is 0 Å². The Bertz CT molecular complexity index is 751. The lowest BCUT2D eigenvalue weighted by molar-refractivity contribution is 0.0139. The van der Waals surface area contributed by atoms with E-state index in [1.807, 2.05) is 0 Å². The van der Waals surface area contributed by atoms with Crippen molar-refractivity contribution >= 4 is 15.9 Å². The maximum atomic E-state index is 12.8. The number of carbonyl (C=O) groups is 1. The highest BCUT2D eigenvalue weighted by Gasteiger charge is 2.47. The van der Waals surface area contributed by atoms with Crippen molar-refractivity contribution < 1.29 is 22.7 Å². The number of methoxy groups -OCH3 is 2. The van der Waals surface area contributed by atoms with E-state index in [0.29, 0.717) is 37.0 Å². The molecule has 0 aromatic carbocycles. The Balaban J connectivity index is 1.79. The van der Waals surface area contributed by atoms with Crippen molar-refractivity contribution in [1.82, 2.24) is 14.2 Å². The van der Waals surface area contributed by atoms with Gasteiger partial charge in [-0.25, -0.2) is 8.42 Å². The van der Waals surface area contributed by atoms with Crippen LogP contribution in [-0.2, 0) is 10.0 Å². The Kier molecular flexibility index (Phi) is 4.39. The molecule has 1 aromatic heterocycles. The standard InChI is InChI=1S/C15H21N3O5S/c1-22-13-5-4-11(14(16-13)23-2)15(19)17-7-6-10-8-18(12(10)9-17)24(3,20)21/h4-5,10,12H,6-9H2,1-3H3/t10-,12-/m1/s1. The number of rotatable bonds is 4. The average Bonchev–Trinajstić information content (AvgIpc) is 2.53. The van der Waals surface area contributed by atoms with Gasteiger partial charge in [-0.15, -0.1) is 0 Å². The third-order valence-electron chi connectivity index (χ3n) is 4.69. The number of piperidine rings is 1. The minimum atomic E-state index is -3.23. The molecule has 3 heterocycles. The number of hydrogen-bond acceptors (Lipinski definition) is 6. The third kappa shape index (κ3) is 2.93. The summed E-state index contributed by atoms with van der Waals surface area (Å²) >= 11 is 0. The quantitative estimate of drug-likeness (QED) is 0.767. The van der Waals surface area contributed by atoms with E-state index in [-0.39, 0.29) is 17.8 Å². The second-order valence-electron chi connectivity index (χ2n) is 6.11. The summed E-state index contributed by atoms with van der Waals surface area (Å²) in [6.07, 6.45) is 2.01. The van der Waals surface area contributed by atoms with Gasteiger partial charge in [0.25, 0.3) is 5.91 Å². The highest BCUT2D eigenvalue weighted by Crippen LogP contribution is 2.35. The number of carbonyl (C=O) groups excluding carboxylic acids is 1. The van der Waals surface area contributed by atoms with Gasteiger partial charge in [0.2, 0.25) is 21.8 Å². The summed E-state index contributed by atoms with van der Waals surface area (Å²) in [5.74, 6) is 0.694. The zero-order chi connectivity index (χ0) is 17.5. The Morgan fingerprint density at radius 2 is 2.00 bits per heavy atom. The number of aromatic nitrogens is 1. The maximum absolute atomic E-state index is 12.8. The van der Waals surface area contributed by atoms with Crippen molar-refractivity contribution in [2.24, 2.45) is 5.92 Å². The lowest BCUT2D eigenvalue weighted by Gasteiger charge is -2.51. The van der Waals surface area contributed by atoms with E-state index in [1.54, 1.807) is 17.0 Å². The first kappa shape index (κ1) is 17.0. The van der Waals surface area contributed by atoms with E-state index in [9.17, 15) is 13.2 Å². The van der Waals surface area contributed by atoms with E-state index in [2.05, 4.69) is 4.98 Å². The number of amides is 1. The van der Waals surface area contributed by atoms with E-state index < -0.39 is 10.0 Å². The van der Waals surface area contributed by atoms with Gasteiger partial charge in [0, 0.05) is 31.7 Å². The number of likely N-dealkylation sites (tertiary alicyclic amines) is 1. The van der Waals surface area contributed by atoms with Gasteiger partial charge in [0.05, 0.1) is 20.5 Å². The molecule has 1 amide bonds. The second-order valence-corrected chi connectivity index (χ2v) is 8.05. The Morgan fingerprint density at radius 3 is 2.62 bits per heavy atom. The number of hydrogen-bond donors (Lipinski definition) is 0. The van der Waals surface area contributed by atoms with Crippen LogP contribution in [-0.4, -0.2) is 74.7 Å². The van der Waals surface area contributed by atoms with Gasteiger partial charge in [-0.05, 0) is 18.4 Å². The summed E-state index contributed by atoms with van der Waals surface area (Å²) in [4.78, 5) is 18.6. The van der Waals surface area contributed by atoms with Crippen LogP contribution in [0.5, 0.6) is 11.8 Å². The van der Waals surface area contributed by atoms with Gasteiger partial charge in [-0.3, -0.25) is 4.79 Å². The molecule has 0 aliphatic carbocycles. The molecule has 0 saturated carbocycles. The first-order chi connectivity index (χ1) is 11.3. The molecule has 2 atom stereocenters. The van der Waals surface area contributed by atoms with Crippen LogP contribution in [0.25, 0.3) is 0 Å². The van der Waals surface area contributed by atoms with E-state index in [0.717, 1.165) is 6.42 Å². The molecule has 0 N–H and O–H groups in total. The summed E-state index contributed by atoms with van der Waals surface area (Å²) < 4.78 is 35.2. The number of sulfonamides is 1. The van der Waals surface area contributed by atoms with Crippen molar-refractivity contribution in [2.45, 2.75) is 12.5 Å². The molecule has 2 aliphatic heterocycles. The molecule has 9 heteroatoms. The van der Waals surface area contributed by atoms with Crippen LogP contribution in [0.4, 0.5) is 0 Å². The molecule has 24 heavy (non-hydrogen) atoms. The van der Waals surface area contributed by atoms with E-state index in [4.69, 9.17) is 9.47 Å². The Morgan fingerprint density at radius 1 is 1.25 bits per heavy atom. The fraction of sp³-hybridized carbons (Fsp3) is 0.600. The number of nitrogens with zero attached hydrogens (tertiary/aromatic N) is 3. The lowest BCUT2D eigenvalue weighted by atomic mass is 9.84. The molecule has 0 unspecified atom stereocenters. The summed E-state index contributed by atoms with van der Waals surface area (Å²) in [5.41, 5.74) is 0.349. The SMILES string of the molecule is COc1ccc(C(=O)N2CC[C@@H]3CN(S(C)(=O)=O)[C@@H]3C2)c(OC)n1. The topological polar surface area (TPSA) is 89.0 Å². The summed E-state index contributed by atoms with van der Waals surface area (Å²) in [7, 11) is -0.293. The van der Waals surface area contributed by atoms with Crippen molar-refractivity contribution in [2.75, 3.05) is 40.1 Å². The van der Waals surface area contributed by atoms with Gasteiger partial charge >= 0.3 is 0 Å². The minimum Gasteiger partial charge on any atom is -0.481 e. The highest BCUT2D eigenvalue weighted by atomic mass is 32.2. The normalized spacial score (nSPS) is 24.0. The summed E-state index contributed by atoms with van der Waals surface area (Å²) in [6.45, 7) is 1.55. The molecular weight excluding hydrogens is 334 g/mol. The van der Waals surface area contributed by atoms with Crippen LogP contribution in [0, 0.1) is 5.92 Å². The van der Waals surface area contributed by atoms with Crippen LogP contribution in [0.15, 0.2) is 12.1 Å². The van der Waals surface area contributed by atoms with Gasteiger partial charge in [-0.1, -0.05) is 0 Å². The number of pyridine rings is 1. The highest BCUT2D eigenvalue weighted by molar-refractivity contribution is 7.88. The smallest absolute Gasteiger partial charge is 0.259 e. The monoisotopic (exact) mass is 355 g/mol.